The number of aliphatic hydroxyl groups excluding tert-OH is 2. The standard InChI is InChI=1S/C39H40ClN3O6/c1-2-48-37(46)19-21-42-39(47)34-13-7-12-33-36(18-20-41-38(33)34)49-32-16-14-27(15-17-32)22-31(26-44)43(24-28-8-4-3-5-9-28)25-35(45)29-10-6-11-30(40)23-29/h3-18,20,23,31,35,44-45H,2,19,21-22,24-26H2,1H3,(H,42,47)/t31-,35+/m0/s1. The highest BCUT2D eigenvalue weighted by atomic mass is 35.5. The number of rotatable bonds is 16. The minimum absolute atomic E-state index is 0.0806. The van der Waals surface area contributed by atoms with Crippen molar-refractivity contribution in [2.45, 2.75) is 38.5 Å². The summed E-state index contributed by atoms with van der Waals surface area (Å²) < 4.78 is 11.2. The van der Waals surface area contributed by atoms with Crippen molar-refractivity contribution in [3.8, 4) is 11.5 Å². The number of amides is 1. The van der Waals surface area contributed by atoms with E-state index in [1.807, 2.05) is 72.8 Å². The van der Waals surface area contributed by atoms with Crippen LogP contribution in [-0.4, -0.2) is 64.3 Å². The van der Waals surface area contributed by atoms with Crippen molar-refractivity contribution in [3.05, 3.63) is 137 Å². The summed E-state index contributed by atoms with van der Waals surface area (Å²) in [7, 11) is 0. The van der Waals surface area contributed by atoms with Gasteiger partial charge in [-0.2, -0.15) is 0 Å². The van der Waals surface area contributed by atoms with E-state index in [1.165, 1.54) is 0 Å². The number of hydrogen-bond donors (Lipinski definition) is 3. The first-order valence-corrected chi connectivity index (χ1v) is 16.6. The number of carbonyl (C=O) groups excluding carboxylic acids is 2. The van der Waals surface area contributed by atoms with Crippen LogP contribution in [0, 0.1) is 0 Å². The highest BCUT2D eigenvalue weighted by Crippen LogP contribution is 2.31. The molecular formula is C39H40ClN3O6. The molecular weight excluding hydrogens is 642 g/mol. The minimum atomic E-state index is -0.793. The Balaban J connectivity index is 1.28. The molecule has 0 saturated carbocycles. The van der Waals surface area contributed by atoms with Crippen LogP contribution in [0.1, 0.15) is 46.5 Å². The summed E-state index contributed by atoms with van der Waals surface area (Å²) >= 11 is 6.19. The molecule has 0 aliphatic carbocycles. The normalized spacial score (nSPS) is 12.4. The zero-order valence-corrected chi connectivity index (χ0v) is 28.1. The predicted octanol–water partition coefficient (Wildman–Crippen LogP) is 6.50. The van der Waals surface area contributed by atoms with Crippen LogP contribution in [0.4, 0.5) is 0 Å². The van der Waals surface area contributed by atoms with Gasteiger partial charge in [0.2, 0.25) is 0 Å². The molecule has 0 bridgehead atoms. The lowest BCUT2D eigenvalue weighted by molar-refractivity contribution is -0.142. The van der Waals surface area contributed by atoms with E-state index >= 15 is 0 Å². The highest BCUT2D eigenvalue weighted by Gasteiger charge is 2.23. The molecule has 9 nitrogen and oxygen atoms in total. The van der Waals surface area contributed by atoms with Crippen LogP contribution in [0.5, 0.6) is 11.5 Å². The number of halogens is 1. The van der Waals surface area contributed by atoms with Crippen molar-refractivity contribution in [1.29, 1.82) is 0 Å². The van der Waals surface area contributed by atoms with Crippen molar-refractivity contribution in [1.82, 2.24) is 15.2 Å². The lowest BCUT2D eigenvalue weighted by atomic mass is 10.0. The number of para-hydroxylation sites is 1. The van der Waals surface area contributed by atoms with Gasteiger partial charge in [-0.05, 0) is 72.5 Å². The molecule has 1 aromatic heterocycles. The van der Waals surface area contributed by atoms with Crippen LogP contribution in [0.2, 0.25) is 5.02 Å². The number of carbonyl (C=O) groups is 2. The molecule has 49 heavy (non-hydrogen) atoms. The fraction of sp³-hybridized carbons (Fsp3) is 0.256. The van der Waals surface area contributed by atoms with Crippen molar-refractivity contribution in [2.75, 3.05) is 26.3 Å². The summed E-state index contributed by atoms with van der Waals surface area (Å²) in [5.41, 5.74) is 3.63. The van der Waals surface area contributed by atoms with E-state index in [4.69, 9.17) is 21.1 Å². The zero-order valence-electron chi connectivity index (χ0n) is 27.3. The number of hydrogen-bond acceptors (Lipinski definition) is 8. The number of ether oxygens (including phenoxy) is 2. The second-order valence-corrected chi connectivity index (χ2v) is 12.0. The van der Waals surface area contributed by atoms with E-state index in [1.54, 1.807) is 43.5 Å². The van der Waals surface area contributed by atoms with Crippen molar-refractivity contribution >= 4 is 34.4 Å². The van der Waals surface area contributed by atoms with Gasteiger partial charge >= 0.3 is 5.97 Å². The van der Waals surface area contributed by atoms with Gasteiger partial charge in [0, 0.05) is 42.3 Å². The van der Waals surface area contributed by atoms with Crippen LogP contribution in [0.25, 0.3) is 10.9 Å². The van der Waals surface area contributed by atoms with Crippen molar-refractivity contribution < 1.29 is 29.3 Å². The molecule has 0 saturated heterocycles. The van der Waals surface area contributed by atoms with Crippen LogP contribution < -0.4 is 10.1 Å². The maximum atomic E-state index is 12.9. The lowest BCUT2D eigenvalue weighted by Crippen LogP contribution is -2.41. The predicted molar refractivity (Wildman–Crippen MR) is 190 cm³/mol. The second kappa shape index (κ2) is 17.6. The Hall–Kier alpha value is -4.80. The molecule has 0 aliphatic heterocycles. The molecule has 2 atom stereocenters. The third kappa shape index (κ3) is 9.87. The van der Waals surface area contributed by atoms with Gasteiger partial charge in [0.1, 0.15) is 11.5 Å². The Kier molecular flexibility index (Phi) is 12.7. The number of nitrogens with zero attached hydrogens (tertiary/aromatic N) is 2. The molecule has 5 aromatic rings. The third-order valence-electron chi connectivity index (χ3n) is 8.11. The summed E-state index contributed by atoms with van der Waals surface area (Å²) in [4.78, 5) is 31.1. The third-order valence-corrected chi connectivity index (χ3v) is 8.35. The molecule has 3 N–H and O–H groups in total. The van der Waals surface area contributed by atoms with Gasteiger partial charge < -0.3 is 25.0 Å². The Morgan fingerprint density at radius 2 is 1.71 bits per heavy atom. The number of nitrogens with one attached hydrogen (secondary N) is 1. The molecule has 254 valence electrons. The van der Waals surface area contributed by atoms with E-state index in [0.717, 1.165) is 11.1 Å². The molecule has 0 fully saturated rings. The van der Waals surface area contributed by atoms with Gasteiger partial charge in [-0.3, -0.25) is 19.5 Å². The van der Waals surface area contributed by atoms with Crippen molar-refractivity contribution in [2.24, 2.45) is 0 Å². The average Bonchev–Trinajstić information content (AvgIpc) is 3.11. The monoisotopic (exact) mass is 681 g/mol. The topological polar surface area (TPSA) is 121 Å². The van der Waals surface area contributed by atoms with Crippen LogP contribution in [0.15, 0.2) is 109 Å². The fourth-order valence-corrected chi connectivity index (χ4v) is 5.83. The van der Waals surface area contributed by atoms with E-state index in [-0.39, 0.29) is 37.5 Å². The molecule has 0 radical (unpaired) electrons. The van der Waals surface area contributed by atoms with E-state index < -0.39 is 6.10 Å². The van der Waals surface area contributed by atoms with Gasteiger partial charge in [0.25, 0.3) is 5.91 Å². The molecule has 5 rings (SSSR count). The van der Waals surface area contributed by atoms with Gasteiger partial charge in [0.05, 0.1) is 36.8 Å². The minimum Gasteiger partial charge on any atom is -0.466 e. The van der Waals surface area contributed by atoms with Crippen LogP contribution >= 0.6 is 11.6 Å². The van der Waals surface area contributed by atoms with Gasteiger partial charge in [-0.25, -0.2) is 0 Å². The smallest absolute Gasteiger partial charge is 0.307 e. The van der Waals surface area contributed by atoms with Crippen LogP contribution in [0.3, 0.4) is 0 Å². The zero-order chi connectivity index (χ0) is 34.6. The summed E-state index contributed by atoms with van der Waals surface area (Å²) in [6.07, 6.45) is 1.42. The van der Waals surface area contributed by atoms with E-state index in [9.17, 15) is 19.8 Å². The molecule has 1 amide bonds. The van der Waals surface area contributed by atoms with Crippen molar-refractivity contribution in [3.63, 3.8) is 0 Å². The lowest BCUT2D eigenvalue weighted by Gasteiger charge is -2.32. The second-order valence-electron chi connectivity index (χ2n) is 11.6. The fourth-order valence-electron chi connectivity index (χ4n) is 5.63. The van der Waals surface area contributed by atoms with Gasteiger partial charge in [-0.15, -0.1) is 0 Å². The van der Waals surface area contributed by atoms with E-state index in [2.05, 4.69) is 15.2 Å². The Bertz CT molecular complexity index is 1840. The number of aromatic nitrogens is 1. The molecule has 1 heterocycles. The highest BCUT2D eigenvalue weighted by molar-refractivity contribution is 6.30. The SMILES string of the molecule is CCOC(=O)CCNC(=O)c1cccc2c(Oc3ccc(C[C@@H](CO)N(Cc4ccccc4)C[C@@H](O)c4cccc(Cl)c4)cc3)ccnc12. The summed E-state index contributed by atoms with van der Waals surface area (Å²) in [6.45, 7) is 2.93. The Morgan fingerprint density at radius 1 is 0.939 bits per heavy atom. The number of pyridine rings is 1. The quantitative estimate of drug-likeness (QED) is 0.101. The van der Waals surface area contributed by atoms with Crippen LogP contribution in [-0.2, 0) is 22.5 Å². The maximum absolute atomic E-state index is 12.9. The summed E-state index contributed by atoms with van der Waals surface area (Å²) in [6, 6.07) is 31.6. The first-order valence-electron chi connectivity index (χ1n) is 16.2. The largest absolute Gasteiger partial charge is 0.466 e. The number of aliphatic hydroxyl groups is 2. The molecule has 10 heteroatoms. The molecule has 4 aromatic carbocycles. The molecule has 0 unspecified atom stereocenters. The Labute approximate surface area is 291 Å². The number of esters is 1. The van der Waals surface area contributed by atoms with E-state index in [0.29, 0.717) is 64.7 Å². The number of benzene rings is 4. The van der Waals surface area contributed by atoms with Gasteiger partial charge in [-0.1, -0.05) is 72.3 Å². The average molecular weight is 682 g/mol. The summed E-state index contributed by atoms with van der Waals surface area (Å²) in [5, 5.41) is 25.7. The first-order chi connectivity index (χ1) is 23.8. The molecule has 0 spiro atoms. The van der Waals surface area contributed by atoms with Gasteiger partial charge in [0.15, 0.2) is 0 Å². The Morgan fingerprint density at radius 3 is 2.45 bits per heavy atom. The number of fused-ring (bicyclic) bond motifs is 1. The maximum Gasteiger partial charge on any atom is 0.307 e. The molecule has 0 aliphatic rings. The first kappa shape index (κ1) is 35.5. The summed E-state index contributed by atoms with van der Waals surface area (Å²) in [5.74, 6) is 0.420.